The van der Waals surface area contributed by atoms with Crippen molar-refractivity contribution in [3.63, 3.8) is 0 Å². The van der Waals surface area contributed by atoms with Crippen molar-refractivity contribution in [1.29, 1.82) is 0 Å². The summed E-state index contributed by atoms with van der Waals surface area (Å²) in [5, 5.41) is 4.74. The molecule has 0 unspecified atom stereocenters. The monoisotopic (exact) mass is 346 g/mol. The van der Waals surface area contributed by atoms with Gasteiger partial charge in [-0.1, -0.05) is 0 Å². The van der Waals surface area contributed by atoms with Crippen LogP contribution in [0.25, 0.3) is 0 Å². The number of nitrogens with one attached hydrogen (secondary N) is 1. The molecule has 3 N–H and O–H groups in total. The molecular formula is C12H15BrN2O3S. The van der Waals surface area contributed by atoms with Crippen LogP contribution < -0.4 is 11.1 Å². The summed E-state index contributed by atoms with van der Waals surface area (Å²) in [5.74, 6) is -0.568. The van der Waals surface area contributed by atoms with E-state index >= 15 is 0 Å². The number of rotatable bonds is 4. The maximum Gasteiger partial charge on any atom is 0.262 e. The van der Waals surface area contributed by atoms with Crippen molar-refractivity contribution in [2.24, 2.45) is 5.73 Å². The molecule has 1 aromatic heterocycles. The number of thiophene rings is 1. The van der Waals surface area contributed by atoms with Crippen molar-refractivity contribution in [2.45, 2.75) is 32.0 Å². The third-order valence-electron chi connectivity index (χ3n) is 3.02. The Morgan fingerprint density at radius 2 is 2.32 bits per heavy atom. The average Bonchev–Trinajstić information content (AvgIpc) is 2.95. The molecular weight excluding hydrogens is 332 g/mol. The highest BCUT2D eigenvalue weighted by atomic mass is 79.9. The molecule has 2 heterocycles. The Hall–Kier alpha value is -0.920. The van der Waals surface area contributed by atoms with Gasteiger partial charge in [0.15, 0.2) is 0 Å². The number of ether oxygens (including phenoxy) is 1. The summed E-state index contributed by atoms with van der Waals surface area (Å²) >= 11 is 4.79. The Morgan fingerprint density at radius 1 is 1.58 bits per heavy atom. The Labute approximate surface area is 123 Å². The van der Waals surface area contributed by atoms with Crippen molar-refractivity contribution in [2.75, 3.05) is 6.54 Å². The summed E-state index contributed by atoms with van der Waals surface area (Å²) in [5.41, 5.74) is 6.22. The van der Waals surface area contributed by atoms with Gasteiger partial charge in [0.05, 0.1) is 6.10 Å². The number of aryl methyl sites for hydroxylation is 1. The maximum absolute atomic E-state index is 12.0. The summed E-state index contributed by atoms with van der Waals surface area (Å²) in [6, 6.07) is 0. The van der Waals surface area contributed by atoms with Gasteiger partial charge in [-0.05, 0) is 46.6 Å². The quantitative estimate of drug-likeness (QED) is 0.868. The van der Waals surface area contributed by atoms with E-state index in [9.17, 15) is 9.59 Å². The fraction of sp³-hybridized carbons (Fsp3) is 0.500. The SMILES string of the molecule is Cc1csc(C(=O)NC[C@H]2CC[C@@H](C(N)=O)O2)c1Br. The first-order valence-corrected chi connectivity index (χ1v) is 7.63. The molecule has 0 aliphatic carbocycles. The number of carbonyl (C=O) groups is 2. The van der Waals surface area contributed by atoms with Crippen LogP contribution in [0.3, 0.4) is 0 Å². The van der Waals surface area contributed by atoms with Crippen molar-refractivity contribution >= 4 is 39.1 Å². The van der Waals surface area contributed by atoms with Gasteiger partial charge in [-0.25, -0.2) is 0 Å². The molecule has 0 bridgehead atoms. The first-order chi connectivity index (χ1) is 8.99. The highest BCUT2D eigenvalue weighted by Gasteiger charge is 2.29. The maximum atomic E-state index is 12.0. The van der Waals surface area contributed by atoms with Crippen LogP contribution in [0.15, 0.2) is 9.85 Å². The second-order valence-corrected chi connectivity index (χ2v) is 6.17. The van der Waals surface area contributed by atoms with Crippen LogP contribution in [0.1, 0.15) is 28.1 Å². The standard InChI is InChI=1S/C12H15BrN2O3S/c1-6-5-19-10(9(6)13)12(17)15-4-7-2-3-8(18-7)11(14)16/h5,7-8H,2-4H2,1H3,(H2,14,16)(H,15,17)/t7-,8+/m1/s1. The van der Waals surface area contributed by atoms with Gasteiger partial charge >= 0.3 is 0 Å². The molecule has 2 rings (SSSR count). The van der Waals surface area contributed by atoms with Gasteiger partial charge in [0, 0.05) is 11.0 Å². The second-order valence-electron chi connectivity index (χ2n) is 4.50. The molecule has 0 aromatic carbocycles. The van der Waals surface area contributed by atoms with E-state index in [0.717, 1.165) is 16.5 Å². The number of amides is 2. The number of carbonyl (C=O) groups excluding carboxylic acids is 2. The van der Waals surface area contributed by atoms with Crippen LogP contribution >= 0.6 is 27.3 Å². The minimum Gasteiger partial charge on any atom is -0.367 e. The van der Waals surface area contributed by atoms with Crippen LogP contribution in [-0.4, -0.2) is 30.6 Å². The van der Waals surface area contributed by atoms with Crippen molar-refractivity contribution in [3.05, 3.63) is 20.3 Å². The molecule has 104 valence electrons. The van der Waals surface area contributed by atoms with E-state index in [-0.39, 0.29) is 12.0 Å². The largest absolute Gasteiger partial charge is 0.367 e. The number of hydrogen-bond acceptors (Lipinski definition) is 4. The van der Waals surface area contributed by atoms with Gasteiger partial charge in [-0.15, -0.1) is 11.3 Å². The van der Waals surface area contributed by atoms with Crippen LogP contribution in [0.4, 0.5) is 0 Å². The Morgan fingerprint density at radius 3 is 2.84 bits per heavy atom. The molecule has 1 aliphatic heterocycles. The molecule has 1 aromatic rings. The zero-order valence-electron chi connectivity index (χ0n) is 10.4. The molecule has 7 heteroatoms. The number of hydrogen-bond donors (Lipinski definition) is 2. The third-order valence-corrected chi connectivity index (χ3v) is 5.40. The zero-order chi connectivity index (χ0) is 14.0. The summed E-state index contributed by atoms with van der Waals surface area (Å²) in [6.45, 7) is 2.33. The number of halogens is 1. The van der Waals surface area contributed by atoms with E-state index in [1.54, 1.807) is 0 Å². The minimum atomic E-state index is -0.516. The first kappa shape index (κ1) is 14.5. The Kier molecular flexibility index (Phi) is 4.59. The van der Waals surface area contributed by atoms with Crippen LogP contribution in [0.2, 0.25) is 0 Å². The van der Waals surface area contributed by atoms with Gasteiger partial charge in [-0.3, -0.25) is 9.59 Å². The minimum absolute atomic E-state index is 0.129. The van der Waals surface area contributed by atoms with Crippen LogP contribution in [0.5, 0.6) is 0 Å². The predicted molar refractivity (Wildman–Crippen MR) is 76.2 cm³/mol. The van der Waals surface area contributed by atoms with Crippen molar-refractivity contribution < 1.29 is 14.3 Å². The van der Waals surface area contributed by atoms with E-state index in [4.69, 9.17) is 10.5 Å². The Bertz CT molecular complexity index is 503. The Balaban J connectivity index is 1.85. The lowest BCUT2D eigenvalue weighted by Gasteiger charge is -2.12. The van der Waals surface area contributed by atoms with E-state index in [1.807, 2.05) is 12.3 Å². The lowest BCUT2D eigenvalue weighted by Crippen LogP contribution is -2.34. The molecule has 0 radical (unpaired) electrons. The predicted octanol–water partition coefficient (Wildman–Crippen LogP) is 1.58. The van der Waals surface area contributed by atoms with Gasteiger partial charge in [0.1, 0.15) is 11.0 Å². The lowest BCUT2D eigenvalue weighted by molar-refractivity contribution is -0.128. The molecule has 5 nitrogen and oxygen atoms in total. The highest BCUT2D eigenvalue weighted by molar-refractivity contribution is 9.10. The van der Waals surface area contributed by atoms with E-state index in [2.05, 4.69) is 21.2 Å². The fourth-order valence-electron chi connectivity index (χ4n) is 1.94. The number of primary amides is 1. The average molecular weight is 347 g/mol. The number of nitrogens with two attached hydrogens (primary N) is 1. The zero-order valence-corrected chi connectivity index (χ0v) is 12.8. The molecule has 1 saturated heterocycles. The third kappa shape index (κ3) is 3.34. The van der Waals surface area contributed by atoms with Gasteiger partial charge < -0.3 is 15.8 Å². The summed E-state index contributed by atoms with van der Waals surface area (Å²) in [7, 11) is 0. The summed E-state index contributed by atoms with van der Waals surface area (Å²) in [4.78, 5) is 23.6. The fourth-order valence-corrected chi connectivity index (χ4v) is 3.52. The van der Waals surface area contributed by atoms with Gasteiger partial charge in [0.2, 0.25) is 5.91 Å². The lowest BCUT2D eigenvalue weighted by atomic mass is 10.2. The molecule has 1 fully saturated rings. The topological polar surface area (TPSA) is 81.4 Å². The molecule has 2 atom stereocenters. The van der Waals surface area contributed by atoms with Crippen molar-refractivity contribution in [1.82, 2.24) is 5.32 Å². The van der Waals surface area contributed by atoms with Gasteiger partial charge in [0.25, 0.3) is 5.91 Å². The highest BCUT2D eigenvalue weighted by Crippen LogP contribution is 2.27. The smallest absolute Gasteiger partial charge is 0.262 e. The van der Waals surface area contributed by atoms with E-state index < -0.39 is 12.0 Å². The van der Waals surface area contributed by atoms with E-state index in [0.29, 0.717) is 17.8 Å². The normalized spacial score (nSPS) is 22.4. The molecule has 1 aliphatic rings. The van der Waals surface area contributed by atoms with E-state index in [1.165, 1.54) is 11.3 Å². The molecule has 19 heavy (non-hydrogen) atoms. The van der Waals surface area contributed by atoms with Gasteiger partial charge in [-0.2, -0.15) is 0 Å². The first-order valence-electron chi connectivity index (χ1n) is 5.95. The molecule has 2 amide bonds. The van der Waals surface area contributed by atoms with Crippen LogP contribution in [-0.2, 0) is 9.53 Å². The second kappa shape index (κ2) is 6.02. The molecule has 0 spiro atoms. The summed E-state index contributed by atoms with van der Waals surface area (Å²) < 4.78 is 6.28. The molecule has 0 saturated carbocycles. The van der Waals surface area contributed by atoms with Crippen LogP contribution in [0, 0.1) is 6.92 Å². The summed E-state index contributed by atoms with van der Waals surface area (Å²) in [6.07, 6.45) is 0.704. The van der Waals surface area contributed by atoms with Crippen molar-refractivity contribution in [3.8, 4) is 0 Å².